The molecule has 0 fully saturated rings. The van der Waals surface area contributed by atoms with Crippen molar-refractivity contribution in [3.8, 4) is 0 Å². The molecule has 1 aromatic carbocycles. The van der Waals surface area contributed by atoms with E-state index < -0.39 is 0 Å². The van der Waals surface area contributed by atoms with Crippen molar-refractivity contribution in [2.45, 2.75) is 6.92 Å². The van der Waals surface area contributed by atoms with Crippen LogP contribution in [0.4, 0.5) is 16.3 Å². The summed E-state index contributed by atoms with van der Waals surface area (Å²) in [5, 5.41) is 9.62. The van der Waals surface area contributed by atoms with Gasteiger partial charge in [-0.25, -0.2) is 4.79 Å². The maximum Gasteiger partial charge on any atom is 0.324 e. The zero-order valence-electron chi connectivity index (χ0n) is 11.7. The summed E-state index contributed by atoms with van der Waals surface area (Å²) in [4.78, 5) is 20.5. The molecule has 3 rings (SSSR count). The van der Waals surface area contributed by atoms with E-state index >= 15 is 0 Å². The van der Waals surface area contributed by atoms with Crippen molar-refractivity contribution in [2.75, 3.05) is 10.6 Å². The van der Waals surface area contributed by atoms with Gasteiger partial charge in [0.2, 0.25) is 0 Å². The molecule has 0 atom stereocenters. The number of urea groups is 1. The molecule has 21 heavy (non-hydrogen) atoms. The highest BCUT2D eigenvalue weighted by Gasteiger charge is 2.09. The molecule has 7 heteroatoms. The fourth-order valence-electron chi connectivity index (χ4n) is 1.99. The molecule has 0 bridgehead atoms. The minimum absolute atomic E-state index is 0.369. The summed E-state index contributed by atoms with van der Waals surface area (Å²) in [5.41, 5.74) is 2.93. The highest BCUT2D eigenvalue weighted by Crippen LogP contribution is 2.19. The molecule has 0 spiro atoms. The first-order valence-corrected chi connectivity index (χ1v) is 6.42. The van der Waals surface area contributed by atoms with Crippen LogP contribution in [0, 0.1) is 6.92 Å². The standard InChI is InChI=1S/C14H14N6O/c1-9-8-12(19-20(9)2)18-14(21)17-11-5-3-4-10-13(11)16-7-6-15-10/h3-8H,1-2H3,(H2,17,18,19,21). The Labute approximate surface area is 121 Å². The van der Waals surface area contributed by atoms with Crippen LogP contribution in [0.25, 0.3) is 11.0 Å². The largest absolute Gasteiger partial charge is 0.324 e. The number of para-hydroxylation sites is 1. The van der Waals surface area contributed by atoms with Crippen LogP contribution < -0.4 is 10.6 Å². The lowest BCUT2D eigenvalue weighted by Crippen LogP contribution is -2.20. The van der Waals surface area contributed by atoms with Crippen molar-refractivity contribution >= 4 is 28.6 Å². The average molecular weight is 282 g/mol. The first kappa shape index (κ1) is 13.0. The quantitative estimate of drug-likeness (QED) is 0.755. The van der Waals surface area contributed by atoms with E-state index in [9.17, 15) is 4.79 Å². The Balaban J connectivity index is 1.80. The number of carbonyl (C=O) groups is 1. The molecule has 0 unspecified atom stereocenters. The molecule has 0 aliphatic heterocycles. The van der Waals surface area contributed by atoms with Gasteiger partial charge < -0.3 is 5.32 Å². The Morgan fingerprint density at radius 3 is 2.76 bits per heavy atom. The van der Waals surface area contributed by atoms with Crippen molar-refractivity contribution in [1.82, 2.24) is 19.7 Å². The van der Waals surface area contributed by atoms with E-state index in [0.29, 0.717) is 17.0 Å². The van der Waals surface area contributed by atoms with Crippen molar-refractivity contribution in [3.05, 3.63) is 42.4 Å². The molecular formula is C14H14N6O. The Bertz CT molecular complexity index is 785. The Morgan fingerprint density at radius 2 is 2.00 bits per heavy atom. The SMILES string of the molecule is Cc1cc(NC(=O)Nc2cccc3nccnc23)nn1C. The van der Waals surface area contributed by atoms with Crippen LogP contribution in [-0.4, -0.2) is 25.8 Å². The van der Waals surface area contributed by atoms with E-state index in [2.05, 4.69) is 25.7 Å². The molecule has 2 aromatic heterocycles. The van der Waals surface area contributed by atoms with Gasteiger partial charge in [-0.15, -0.1) is 0 Å². The molecule has 2 heterocycles. The van der Waals surface area contributed by atoms with Gasteiger partial charge in [-0.05, 0) is 19.1 Å². The van der Waals surface area contributed by atoms with E-state index in [4.69, 9.17) is 0 Å². The first-order valence-electron chi connectivity index (χ1n) is 6.42. The fraction of sp³-hybridized carbons (Fsp3) is 0.143. The summed E-state index contributed by atoms with van der Waals surface area (Å²) in [6.45, 7) is 1.91. The topological polar surface area (TPSA) is 84.7 Å². The number of nitrogens with one attached hydrogen (secondary N) is 2. The predicted octanol–water partition coefficient (Wildman–Crippen LogP) is 2.32. The van der Waals surface area contributed by atoms with Gasteiger partial charge in [0.25, 0.3) is 0 Å². The monoisotopic (exact) mass is 282 g/mol. The zero-order chi connectivity index (χ0) is 14.8. The Morgan fingerprint density at radius 1 is 1.19 bits per heavy atom. The molecule has 0 saturated carbocycles. The molecule has 0 saturated heterocycles. The predicted molar refractivity (Wildman–Crippen MR) is 80.1 cm³/mol. The lowest BCUT2D eigenvalue weighted by atomic mass is 10.2. The summed E-state index contributed by atoms with van der Waals surface area (Å²) < 4.78 is 1.69. The van der Waals surface area contributed by atoms with Crippen molar-refractivity contribution in [2.24, 2.45) is 7.05 Å². The molecule has 0 aliphatic rings. The van der Waals surface area contributed by atoms with Crippen LogP contribution in [-0.2, 0) is 7.05 Å². The van der Waals surface area contributed by atoms with Crippen molar-refractivity contribution in [3.63, 3.8) is 0 Å². The number of anilines is 2. The number of rotatable bonds is 2. The number of fused-ring (bicyclic) bond motifs is 1. The van der Waals surface area contributed by atoms with Crippen LogP contribution in [0.15, 0.2) is 36.7 Å². The third-order valence-electron chi connectivity index (χ3n) is 3.10. The van der Waals surface area contributed by atoms with Gasteiger partial charge in [-0.1, -0.05) is 6.07 Å². The number of benzene rings is 1. The maximum absolute atomic E-state index is 12.0. The van der Waals surface area contributed by atoms with Gasteiger partial charge in [0.05, 0.1) is 11.2 Å². The lowest BCUT2D eigenvalue weighted by molar-refractivity contribution is 0.262. The number of hydrogen-bond acceptors (Lipinski definition) is 4. The van der Waals surface area contributed by atoms with E-state index in [1.165, 1.54) is 0 Å². The molecule has 106 valence electrons. The second-order valence-electron chi connectivity index (χ2n) is 4.60. The van der Waals surface area contributed by atoms with E-state index in [0.717, 1.165) is 11.2 Å². The number of nitrogens with zero attached hydrogens (tertiary/aromatic N) is 4. The Hall–Kier alpha value is -2.96. The van der Waals surface area contributed by atoms with Gasteiger partial charge in [0.1, 0.15) is 5.52 Å². The molecule has 0 aliphatic carbocycles. The second-order valence-corrected chi connectivity index (χ2v) is 4.60. The van der Waals surface area contributed by atoms with Crippen LogP contribution in [0.3, 0.4) is 0 Å². The van der Waals surface area contributed by atoms with Gasteiger partial charge in [0.15, 0.2) is 5.82 Å². The third kappa shape index (κ3) is 2.66. The highest BCUT2D eigenvalue weighted by molar-refractivity contribution is 6.04. The first-order chi connectivity index (χ1) is 10.1. The average Bonchev–Trinajstić information content (AvgIpc) is 2.77. The smallest absolute Gasteiger partial charge is 0.306 e. The number of carbonyl (C=O) groups excluding carboxylic acids is 1. The number of hydrogen-bond donors (Lipinski definition) is 2. The van der Waals surface area contributed by atoms with E-state index in [1.54, 1.807) is 29.2 Å². The molecule has 7 nitrogen and oxygen atoms in total. The van der Waals surface area contributed by atoms with Gasteiger partial charge >= 0.3 is 6.03 Å². The Kier molecular flexibility index (Phi) is 3.23. The highest BCUT2D eigenvalue weighted by atomic mass is 16.2. The summed E-state index contributed by atoms with van der Waals surface area (Å²) in [7, 11) is 1.82. The summed E-state index contributed by atoms with van der Waals surface area (Å²) >= 11 is 0. The number of aromatic nitrogens is 4. The van der Waals surface area contributed by atoms with Crippen LogP contribution >= 0.6 is 0 Å². The van der Waals surface area contributed by atoms with Gasteiger partial charge in [-0.3, -0.25) is 20.0 Å². The lowest BCUT2D eigenvalue weighted by Gasteiger charge is -2.07. The molecule has 2 N–H and O–H groups in total. The number of aryl methyl sites for hydroxylation is 2. The van der Waals surface area contributed by atoms with E-state index in [1.807, 2.05) is 26.1 Å². The normalized spacial score (nSPS) is 10.6. The van der Waals surface area contributed by atoms with E-state index in [-0.39, 0.29) is 6.03 Å². The second kappa shape index (κ2) is 5.20. The summed E-state index contributed by atoms with van der Waals surface area (Å²) in [5.74, 6) is 0.499. The van der Waals surface area contributed by atoms with Gasteiger partial charge in [0, 0.05) is 31.2 Å². The van der Waals surface area contributed by atoms with Crippen LogP contribution in [0.5, 0.6) is 0 Å². The third-order valence-corrected chi connectivity index (χ3v) is 3.10. The minimum Gasteiger partial charge on any atom is -0.306 e. The zero-order valence-corrected chi connectivity index (χ0v) is 11.7. The summed E-state index contributed by atoms with van der Waals surface area (Å²) in [6.07, 6.45) is 3.20. The molecule has 0 radical (unpaired) electrons. The van der Waals surface area contributed by atoms with Gasteiger partial charge in [-0.2, -0.15) is 5.10 Å². The van der Waals surface area contributed by atoms with Crippen molar-refractivity contribution < 1.29 is 4.79 Å². The molecule has 3 aromatic rings. The number of amides is 2. The van der Waals surface area contributed by atoms with Crippen molar-refractivity contribution in [1.29, 1.82) is 0 Å². The fourth-order valence-corrected chi connectivity index (χ4v) is 1.99. The van der Waals surface area contributed by atoms with Crippen LogP contribution in [0.1, 0.15) is 5.69 Å². The molecular weight excluding hydrogens is 268 g/mol. The minimum atomic E-state index is -0.369. The summed E-state index contributed by atoms with van der Waals surface area (Å²) in [6, 6.07) is 6.86. The molecule has 2 amide bonds. The maximum atomic E-state index is 12.0. The van der Waals surface area contributed by atoms with Crippen LogP contribution in [0.2, 0.25) is 0 Å².